The van der Waals surface area contributed by atoms with Gasteiger partial charge >= 0.3 is 0 Å². The fraction of sp³-hybridized carbons (Fsp3) is 0.0110. The number of para-hydroxylation sites is 2. The van der Waals surface area contributed by atoms with Gasteiger partial charge in [0.15, 0.2) is 0 Å². The Hall–Kier alpha value is -10.0. The molecule has 0 saturated heterocycles. The zero-order valence-electron chi connectivity index (χ0n) is 53.1. The second kappa shape index (κ2) is 22.2. The average Bonchev–Trinajstić information content (AvgIpc) is 1.56. The van der Waals surface area contributed by atoms with Crippen molar-refractivity contribution in [1.82, 2.24) is 9.13 Å². The first kappa shape index (κ1) is 57.8. The fourth-order valence-electron chi connectivity index (χ4n) is 16.4. The lowest BCUT2D eigenvalue weighted by Gasteiger charge is -2.10. The van der Waals surface area contributed by atoms with Crippen LogP contribution < -0.4 is 0 Å². The minimum atomic E-state index is 1.06. The molecule has 0 amide bonds. The summed E-state index contributed by atoms with van der Waals surface area (Å²) in [6.07, 6.45) is 1.06. The van der Waals surface area contributed by atoms with Gasteiger partial charge in [-0.3, -0.25) is 0 Å². The molecular formula is C91H50Br2N2S5. The first-order valence-corrected chi connectivity index (χ1v) is 39.2. The number of halogens is 2. The highest BCUT2D eigenvalue weighted by atomic mass is 79.9. The molecule has 0 N–H and O–H groups in total. The van der Waals surface area contributed by atoms with Gasteiger partial charge in [0.1, 0.15) is 0 Å². The molecular weight excluding hydrogens is 1440 g/mol. The van der Waals surface area contributed by atoms with E-state index in [9.17, 15) is 0 Å². The van der Waals surface area contributed by atoms with E-state index >= 15 is 0 Å². The number of aromatic nitrogens is 2. The van der Waals surface area contributed by atoms with Gasteiger partial charge in [0.25, 0.3) is 0 Å². The molecule has 0 radical (unpaired) electrons. The minimum Gasteiger partial charge on any atom is -0.309 e. The Morgan fingerprint density at radius 1 is 0.220 bits per heavy atom. The first-order chi connectivity index (χ1) is 49.3. The van der Waals surface area contributed by atoms with Crippen LogP contribution in [0, 0.1) is 0 Å². The normalized spacial score (nSPS) is 12.5. The zero-order chi connectivity index (χ0) is 65.6. The van der Waals surface area contributed by atoms with Crippen LogP contribution in [-0.4, -0.2) is 9.13 Å². The van der Waals surface area contributed by atoms with E-state index in [1.54, 1.807) is 0 Å². The number of hydrogen-bond donors (Lipinski definition) is 0. The fourth-order valence-corrected chi connectivity index (χ4v) is 23.5. The van der Waals surface area contributed by atoms with Crippen LogP contribution in [0.3, 0.4) is 0 Å². The molecule has 16 aromatic carbocycles. The van der Waals surface area contributed by atoms with Crippen molar-refractivity contribution in [1.29, 1.82) is 0 Å². The maximum atomic E-state index is 3.50. The quantitative estimate of drug-likeness (QED) is 0.163. The lowest BCUT2D eigenvalue weighted by Crippen LogP contribution is -1.93. The Morgan fingerprint density at radius 3 is 1.07 bits per heavy atom. The third-order valence-corrected chi connectivity index (χ3v) is 27.8. The van der Waals surface area contributed by atoms with E-state index in [-0.39, 0.29) is 0 Å². The van der Waals surface area contributed by atoms with E-state index in [1.807, 2.05) is 56.7 Å². The van der Waals surface area contributed by atoms with Gasteiger partial charge in [-0.25, -0.2) is 0 Å². The predicted octanol–water partition coefficient (Wildman–Crippen LogP) is 29.6. The summed E-state index contributed by atoms with van der Waals surface area (Å²) in [5.41, 5.74) is 13.1. The number of hydrogen-bond acceptors (Lipinski definition) is 5. The van der Waals surface area contributed by atoms with Crippen molar-refractivity contribution in [3.63, 3.8) is 0 Å². The number of rotatable bonds is 2. The van der Waals surface area contributed by atoms with E-state index in [0.717, 1.165) is 15.4 Å². The average molecular weight is 1490 g/mol. The SMILES string of the molecule is Brc1ccc2c(c1)sc1cc(Br)ccc12.c1ccc2c(c1)Cc1cc3c(ccc4c5ccccc5sc34)cc1-2.c1ccc2c(c1)sc1c3cc4c(cc3ccc21)c1ccccc1n4-c1ccc2c(c1)sc1cc(-n3c4ccccc4c4cc5ccc6c7ccccc7sc6c5cc43)ccc12. The van der Waals surface area contributed by atoms with Crippen molar-refractivity contribution in [3.8, 4) is 22.5 Å². The summed E-state index contributed by atoms with van der Waals surface area (Å²) >= 11 is 16.5. The molecule has 0 aliphatic heterocycles. The van der Waals surface area contributed by atoms with Gasteiger partial charge in [-0.15, -0.1) is 56.7 Å². The standard InChI is InChI=1S/C56H30N2S3.C23H14S.C12H6Br2S/c1-5-13-47-35(9-1)45-25-31-17-21-41-37-11-3-7-15-51(37)60-55(41)43(31)29-49(45)57(47)33-19-23-39-40-24-20-34(28-54(40)59-53(39)27-33)58-48-14-6-2-10-36(48)46-26-32-18-22-42-38-12-4-8-16-52(38)61-56(42)44(32)30-50(46)58;1-2-6-17-14(5-1)11-16-13-21-15(12-20(16)17)9-10-19-18-7-3-4-8-22(18)24-23(19)21;13-7-1-3-9-10-4-2-8(14)6-12(10)15-11(9)5-7/h1-30H;1-10,12-13H,11H2;1-6H. The molecule has 468 valence electrons. The Kier molecular flexibility index (Phi) is 12.9. The molecule has 1 aliphatic carbocycles. The maximum Gasteiger partial charge on any atom is 0.0547 e. The number of thiophene rings is 5. The van der Waals surface area contributed by atoms with Crippen molar-refractivity contribution in [2.24, 2.45) is 0 Å². The van der Waals surface area contributed by atoms with Crippen LogP contribution in [0.15, 0.2) is 300 Å². The summed E-state index contributed by atoms with van der Waals surface area (Å²) in [5, 5.41) is 26.5. The second-order valence-electron chi connectivity index (χ2n) is 26.4. The number of nitrogens with zero attached hydrogens (tertiary/aromatic N) is 2. The lowest BCUT2D eigenvalue weighted by molar-refractivity contribution is 1.19. The summed E-state index contributed by atoms with van der Waals surface area (Å²) < 4.78 is 20.7. The minimum absolute atomic E-state index is 1.06. The van der Waals surface area contributed by atoms with Gasteiger partial charge in [0.2, 0.25) is 0 Å². The van der Waals surface area contributed by atoms with Crippen LogP contribution in [0.5, 0.6) is 0 Å². The van der Waals surface area contributed by atoms with E-state index in [0.29, 0.717) is 0 Å². The molecule has 0 bridgehead atoms. The zero-order valence-corrected chi connectivity index (χ0v) is 60.4. The van der Waals surface area contributed by atoms with E-state index in [2.05, 4.69) is 332 Å². The van der Waals surface area contributed by atoms with Gasteiger partial charge in [-0.2, -0.15) is 0 Å². The highest BCUT2D eigenvalue weighted by Crippen LogP contribution is 2.48. The maximum absolute atomic E-state index is 3.50. The van der Waals surface area contributed by atoms with Crippen molar-refractivity contribution < 1.29 is 0 Å². The summed E-state index contributed by atoms with van der Waals surface area (Å²) in [5.74, 6) is 0. The molecule has 1 aliphatic rings. The van der Waals surface area contributed by atoms with Crippen LogP contribution in [-0.2, 0) is 6.42 Å². The molecule has 9 heteroatoms. The summed E-state index contributed by atoms with van der Waals surface area (Å²) in [7, 11) is 0. The molecule has 0 unspecified atom stereocenters. The van der Waals surface area contributed by atoms with Crippen LogP contribution in [0.4, 0.5) is 0 Å². The Morgan fingerprint density at radius 2 is 0.590 bits per heavy atom. The third-order valence-electron chi connectivity index (χ3n) is 20.9. The summed E-state index contributed by atoms with van der Waals surface area (Å²) in [6, 6.07) is 108. The van der Waals surface area contributed by atoms with Gasteiger partial charge in [-0.05, 0) is 165 Å². The first-order valence-electron chi connectivity index (χ1n) is 33.6. The molecule has 0 atom stereocenters. The van der Waals surface area contributed by atoms with Gasteiger partial charge < -0.3 is 9.13 Å². The van der Waals surface area contributed by atoms with Crippen LogP contribution in [0.1, 0.15) is 11.1 Å². The molecule has 24 rings (SSSR count). The summed E-state index contributed by atoms with van der Waals surface area (Å²) in [6.45, 7) is 0. The molecule has 7 aromatic heterocycles. The number of benzene rings is 16. The lowest BCUT2D eigenvalue weighted by atomic mass is 9.99. The molecule has 0 spiro atoms. The van der Waals surface area contributed by atoms with Crippen molar-refractivity contribution >= 4 is 265 Å². The van der Waals surface area contributed by atoms with Crippen LogP contribution in [0.2, 0.25) is 0 Å². The number of fused-ring (bicyclic) bond motifs is 30. The smallest absolute Gasteiger partial charge is 0.0547 e. The van der Waals surface area contributed by atoms with Crippen molar-refractivity contribution in [2.75, 3.05) is 0 Å². The Balaban J connectivity index is 0.000000132. The van der Waals surface area contributed by atoms with E-state index in [4.69, 9.17) is 0 Å². The highest BCUT2D eigenvalue weighted by molar-refractivity contribution is 9.10. The van der Waals surface area contributed by atoms with E-state index < -0.39 is 0 Å². The predicted molar refractivity (Wildman–Crippen MR) is 449 cm³/mol. The van der Waals surface area contributed by atoms with Crippen molar-refractivity contribution in [2.45, 2.75) is 6.42 Å². The second-order valence-corrected chi connectivity index (χ2v) is 33.6. The van der Waals surface area contributed by atoms with Gasteiger partial charge in [-0.1, -0.05) is 208 Å². The van der Waals surface area contributed by atoms with Gasteiger partial charge in [0, 0.05) is 153 Å². The molecule has 23 aromatic rings. The van der Waals surface area contributed by atoms with Crippen LogP contribution in [0.25, 0.3) is 199 Å². The topological polar surface area (TPSA) is 9.86 Å². The summed E-state index contributed by atoms with van der Waals surface area (Å²) in [4.78, 5) is 0. The Bertz CT molecular complexity index is 7160. The highest BCUT2D eigenvalue weighted by Gasteiger charge is 2.23. The van der Waals surface area contributed by atoms with Crippen molar-refractivity contribution in [3.05, 3.63) is 311 Å². The Labute approximate surface area is 608 Å². The van der Waals surface area contributed by atoms with Gasteiger partial charge in [0.05, 0.1) is 22.1 Å². The molecule has 2 nitrogen and oxygen atoms in total. The largest absolute Gasteiger partial charge is 0.309 e. The molecule has 100 heavy (non-hydrogen) atoms. The molecule has 0 fully saturated rings. The van der Waals surface area contributed by atoms with E-state index in [1.165, 1.54) is 210 Å². The van der Waals surface area contributed by atoms with Crippen LogP contribution >= 0.6 is 88.5 Å². The third kappa shape index (κ3) is 8.80. The monoisotopic (exact) mass is 1490 g/mol. The molecule has 0 saturated carbocycles. The molecule has 7 heterocycles.